The van der Waals surface area contributed by atoms with Crippen LogP contribution in [-0.4, -0.2) is 33.3 Å². The van der Waals surface area contributed by atoms with Gasteiger partial charge in [-0.05, 0) is 24.6 Å². The first kappa shape index (κ1) is 15.9. The summed E-state index contributed by atoms with van der Waals surface area (Å²) in [4.78, 5) is 4.50. The summed E-state index contributed by atoms with van der Waals surface area (Å²) in [5.41, 5.74) is 1.05. The van der Waals surface area contributed by atoms with Crippen molar-refractivity contribution >= 4 is 5.96 Å². The number of nitrogens with zero attached hydrogens (tertiary/aromatic N) is 1. The lowest BCUT2D eigenvalue weighted by Crippen LogP contribution is -2.37. The van der Waals surface area contributed by atoms with Gasteiger partial charge in [0.05, 0.1) is 20.8 Å². The number of rotatable bonds is 7. The van der Waals surface area contributed by atoms with Gasteiger partial charge in [0, 0.05) is 13.1 Å². The van der Waals surface area contributed by atoms with Gasteiger partial charge in [-0.2, -0.15) is 0 Å². The minimum Gasteiger partial charge on any atom is -0.493 e. The second-order valence-corrected chi connectivity index (χ2v) is 4.05. The van der Waals surface area contributed by atoms with E-state index in [4.69, 9.17) is 9.47 Å². The molecule has 0 aliphatic carbocycles. The van der Waals surface area contributed by atoms with Gasteiger partial charge in [0.15, 0.2) is 17.5 Å². The Labute approximate surface area is 120 Å². The minimum absolute atomic E-state index is 0.562. The third kappa shape index (κ3) is 4.84. The molecule has 110 valence electrons. The number of methoxy groups -OCH3 is 2. The third-order valence-electron chi connectivity index (χ3n) is 2.63. The van der Waals surface area contributed by atoms with Gasteiger partial charge < -0.3 is 20.1 Å². The molecule has 0 fully saturated rings. The molecule has 0 bridgehead atoms. The zero-order valence-electron chi connectivity index (χ0n) is 12.4. The average Bonchev–Trinajstić information content (AvgIpc) is 2.49. The van der Waals surface area contributed by atoms with E-state index in [9.17, 15) is 0 Å². The normalized spacial score (nSPS) is 10.8. The number of guanidine groups is 1. The van der Waals surface area contributed by atoms with Gasteiger partial charge in [-0.1, -0.05) is 12.1 Å². The maximum absolute atomic E-state index is 5.28. The fourth-order valence-corrected chi connectivity index (χ4v) is 1.66. The predicted molar refractivity (Wildman–Crippen MR) is 82.6 cm³/mol. The average molecular weight is 277 g/mol. The first-order valence-electron chi connectivity index (χ1n) is 6.59. The Balaban J connectivity index is 2.77. The summed E-state index contributed by atoms with van der Waals surface area (Å²) in [6.07, 6.45) is 1.79. The number of nitrogens with one attached hydrogen (secondary N) is 2. The maximum Gasteiger partial charge on any atom is 0.191 e. The second kappa shape index (κ2) is 8.85. The SMILES string of the molecule is C=CCNC(=NCc1ccc(OC)c(OC)c1)NCC. The molecule has 20 heavy (non-hydrogen) atoms. The highest BCUT2D eigenvalue weighted by atomic mass is 16.5. The van der Waals surface area contributed by atoms with Crippen LogP contribution in [0, 0.1) is 0 Å². The molecule has 0 atom stereocenters. The molecule has 2 N–H and O–H groups in total. The van der Waals surface area contributed by atoms with E-state index >= 15 is 0 Å². The van der Waals surface area contributed by atoms with Crippen LogP contribution in [-0.2, 0) is 6.54 Å². The van der Waals surface area contributed by atoms with Crippen LogP contribution < -0.4 is 20.1 Å². The van der Waals surface area contributed by atoms with Crippen LogP contribution in [0.2, 0.25) is 0 Å². The van der Waals surface area contributed by atoms with E-state index in [2.05, 4.69) is 22.2 Å². The van der Waals surface area contributed by atoms with E-state index in [0.717, 1.165) is 23.8 Å². The summed E-state index contributed by atoms with van der Waals surface area (Å²) in [6, 6.07) is 5.79. The smallest absolute Gasteiger partial charge is 0.191 e. The molecule has 0 saturated carbocycles. The molecule has 0 aromatic heterocycles. The van der Waals surface area contributed by atoms with Gasteiger partial charge in [0.2, 0.25) is 0 Å². The van der Waals surface area contributed by atoms with Crippen molar-refractivity contribution < 1.29 is 9.47 Å². The van der Waals surface area contributed by atoms with Crippen LogP contribution in [0.5, 0.6) is 11.5 Å². The fraction of sp³-hybridized carbons (Fsp3) is 0.400. The summed E-state index contributed by atoms with van der Waals surface area (Å²) in [5.74, 6) is 2.20. The van der Waals surface area contributed by atoms with E-state index in [1.165, 1.54) is 0 Å². The number of hydrogen-bond acceptors (Lipinski definition) is 3. The van der Waals surface area contributed by atoms with Crippen molar-refractivity contribution in [1.82, 2.24) is 10.6 Å². The molecular weight excluding hydrogens is 254 g/mol. The Morgan fingerprint density at radius 2 is 2.00 bits per heavy atom. The monoisotopic (exact) mass is 277 g/mol. The van der Waals surface area contributed by atoms with Crippen molar-refractivity contribution in [2.45, 2.75) is 13.5 Å². The Kier molecular flexibility index (Phi) is 7.03. The molecular formula is C15H23N3O2. The van der Waals surface area contributed by atoms with Gasteiger partial charge in [-0.3, -0.25) is 0 Å². The minimum atomic E-state index is 0.562. The van der Waals surface area contributed by atoms with Gasteiger partial charge in [0.1, 0.15) is 0 Å². The number of hydrogen-bond donors (Lipinski definition) is 2. The first-order chi connectivity index (χ1) is 9.74. The summed E-state index contributed by atoms with van der Waals surface area (Å²) >= 11 is 0. The fourth-order valence-electron chi connectivity index (χ4n) is 1.66. The highest BCUT2D eigenvalue weighted by molar-refractivity contribution is 5.79. The van der Waals surface area contributed by atoms with E-state index in [0.29, 0.717) is 18.8 Å². The first-order valence-corrected chi connectivity index (χ1v) is 6.59. The Bertz CT molecular complexity index is 458. The zero-order valence-corrected chi connectivity index (χ0v) is 12.4. The summed E-state index contributed by atoms with van der Waals surface area (Å²) in [5, 5.41) is 6.33. The van der Waals surface area contributed by atoms with Crippen molar-refractivity contribution in [1.29, 1.82) is 0 Å². The van der Waals surface area contributed by atoms with Crippen molar-refractivity contribution in [3.63, 3.8) is 0 Å². The molecule has 0 heterocycles. The molecule has 0 saturated heterocycles. The Hall–Kier alpha value is -2.17. The van der Waals surface area contributed by atoms with Crippen molar-refractivity contribution in [3.8, 4) is 11.5 Å². The second-order valence-electron chi connectivity index (χ2n) is 4.05. The van der Waals surface area contributed by atoms with E-state index in [1.807, 2.05) is 25.1 Å². The highest BCUT2D eigenvalue weighted by Gasteiger charge is 2.04. The largest absolute Gasteiger partial charge is 0.493 e. The van der Waals surface area contributed by atoms with E-state index < -0.39 is 0 Å². The van der Waals surface area contributed by atoms with E-state index in [-0.39, 0.29) is 0 Å². The third-order valence-corrected chi connectivity index (χ3v) is 2.63. The van der Waals surface area contributed by atoms with Crippen molar-refractivity contribution in [2.24, 2.45) is 4.99 Å². The number of benzene rings is 1. The molecule has 0 aliphatic heterocycles. The van der Waals surface area contributed by atoms with Crippen LogP contribution in [0.4, 0.5) is 0 Å². The molecule has 1 rings (SSSR count). The zero-order chi connectivity index (χ0) is 14.8. The topological polar surface area (TPSA) is 54.9 Å². The highest BCUT2D eigenvalue weighted by Crippen LogP contribution is 2.27. The quantitative estimate of drug-likeness (QED) is 0.454. The number of aliphatic imine (C=N–C) groups is 1. The van der Waals surface area contributed by atoms with E-state index in [1.54, 1.807) is 20.3 Å². The lowest BCUT2D eigenvalue weighted by atomic mass is 10.2. The molecule has 0 aliphatic rings. The molecule has 5 nitrogen and oxygen atoms in total. The van der Waals surface area contributed by atoms with Crippen molar-refractivity contribution in [2.75, 3.05) is 27.3 Å². The van der Waals surface area contributed by atoms with Gasteiger partial charge in [-0.15, -0.1) is 6.58 Å². The van der Waals surface area contributed by atoms with Crippen LogP contribution in [0.3, 0.4) is 0 Å². The molecule has 0 radical (unpaired) electrons. The molecule has 1 aromatic rings. The summed E-state index contributed by atoms with van der Waals surface area (Å²) in [7, 11) is 3.25. The molecule has 1 aromatic carbocycles. The van der Waals surface area contributed by atoms with Crippen LogP contribution >= 0.6 is 0 Å². The Morgan fingerprint density at radius 1 is 1.25 bits per heavy atom. The Morgan fingerprint density at radius 3 is 2.60 bits per heavy atom. The number of ether oxygens (including phenoxy) is 2. The van der Waals surface area contributed by atoms with Crippen LogP contribution in [0.25, 0.3) is 0 Å². The van der Waals surface area contributed by atoms with Gasteiger partial charge in [0.25, 0.3) is 0 Å². The van der Waals surface area contributed by atoms with Gasteiger partial charge >= 0.3 is 0 Å². The molecule has 5 heteroatoms. The summed E-state index contributed by atoms with van der Waals surface area (Å²) in [6.45, 7) is 7.76. The maximum atomic E-state index is 5.28. The van der Waals surface area contributed by atoms with Crippen LogP contribution in [0.1, 0.15) is 12.5 Å². The summed E-state index contributed by atoms with van der Waals surface area (Å²) < 4.78 is 10.5. The molecule has 0 amide bonds. The molecule has 0 unspecified atom stereocenters. The van der Waals surface area contributed by atoms with Crippen molar-refractivity contribution in [3.05, 3.63) is 36.4 Å². The predicted octanol–water partition coefficient (Wildman–Crippen LogP) is 1.94. The lowest BCUT2D eigenvalue weighted by molar-refractivity contribution is 0.354. The lowest BCUT2D eigenvalue weighted by Gasteiger charge is -2.11. The van der Waals surface area contributed by atoms with Gasteiger partial charge in [-0.25, -0.2) is 4.99 Å². The van der Waals surface area contributed by atoms with Crippen LogP contribution in [0.15, 0.2) is 35.8 Å². The standard InChI is InChI=1S/C15H23N3O2/c1-5-9-17-15(16-6-2)18-11-12-7-8-13(19-3)14(10-12)20-4/h5,7-8,10H,1,6,9,11H2,2-4H3,(H2,16,17,18). The molecule has 0 spiro atoms.